The number of nitrogens with two attached hydrogens (primary N) is 1. The number of primary amides is 1. The molecule has 0 bridgehead atoms. The van der Waals surface area contributed by atoms with E-state index in [1.165, 1.54) is 5.56 Å². The minimum atomic E-state index is -0.267. The Labute approximate surface area is 88.9 Å². The van der Waals surface area contributed by atoms with Gasteiger partial charge in [0.2, 0.25) is 5.91 Å². The average molecular weight is 207 g/mol. The van der Waals surface area contributed by atoms with E-state index in [0.717, 1.165) is 18.4 Å². The molecule has 1 aromatic rings. The van der Waals surface area contributed by atoms with Crippen LogP contribution in [0.4, 0.5) is 0 Å². The Morgan fingerprint density at radius 2 is 2.14 bits per heavy atom. The van der Waals surface area contributed by atoms with Gasteiger partial charge in [-0.2, -0.15) is 12.6 Å². The van der Waals surface area contributed by atoms with Crippen LogP contribution in [0.5, 0.6) is 0 Å². The zero-order valence-corrected chi connectivity index (χ0v) is 8.71. The summed E-state index contributed by atoms with van der Waals surface area (Å²) in [6.45, 7) is 0. The van der Waals surface area contributed by atoms with Gasteiger partial charge in [0.15, 0.2) is 0 Å². The summed E-state index contributed by atoms with van der Waals surface area (Å²) in [5.74, 6) is -0.486. The topological polar surface area (TPSA) is 43.1 Å². The lowest BCUT2D eigenvalue weighted by Gasteiger charge is -2.28. The fourth-order valence-electron chi connectivity index (χ4n) is 2.09. The van der Waals surface area contributed by atoms with E-state index in [-0.39, 0.29) is 17.1 Å². The molecule has 0 spiro atoms. The van der Waals surface area contributed by atoms with E-state index in [0.29, 0.717) is 0 Å². The van der Waals surface area contributed by atoms with Crippen molar-refractivity contribution in [2.24, 2.45) is 5.73 Å². The first-order valence-corrected chi connectivity index (χ1v) is 5.27. The summed E-state index contributed by atoms with van der Waals surface area (Å²) in [4.78, 5) is 11.3. The third-order valence-corrected chi connectivity index (χ3v) is 3.35. The van der Waals surface area contributed by atoms with Gasteiger partial charge in [-0.3, -0.25) is 4.79 Å². The standard InChI is InChI=1S/C11H13NOS/c12-11(13)10-8-4-2-1-3-7(8)5-6-9(10)14/h1-4,9-10,14H,5-6H2,(H2,12,13). The molecule has 0 radical (unpaired) electrons. The summed E-state index contributed by atoms with van der Waals surface area (Å²) in [6.07, 6.45) is 1.92. The number of thiol groups is 1. The van der Waals surface area contributed by atoms with E-state index in [9.17, 15) is 4.79 Å². The maximum absolute atomic E-state index is 11.3. The molecule has 1 aliphatic carbocycles. The van der Waals surface area contributed by atoms with Gasteiger partial charge in [-0.15, -0.1) is 0 Å². The second-order valence-corrected chi connectivity index (χ2v) is 4.35. The van der Waals surface area contributed by atoms with Crippen LogP contribution in [0, 0.1) is 0 Å². The maximum atomic E-state index is 11.3. The van der Waals surface area contributed by atoms with Gasteiger partial charge < -0.3 is 5.73 Å². The van der Waals surface area contributed by atoms with Crippen molar-refractivity contribution in [3.8, 4) is 0 Å². The van der Waals surface area contributed by atoms with E-state index in [4.69, 9.17) is 5.73 Å². The second-order valence-electron chi connectivity index (χ2n) is 3.68. The number of fused-ring (bicyclic) bond motifs is 1. The summed E-state index contributed by atoms with van der Waals surface area (Å²) in [7, 11) is 0. The van der Waals surface area contributed by atoms with Gasteiger partial charge in [0.1, 0.15) is 0 Å². The smallest absolute Gasteiger partial charge is 0.226 e. The summed E-state index contributed by atoms with van der Waals surface area (Å²) < 4.78 is 0. The summed E-state index contributed by atoms with van der Waals surface area (Å²) in [6, 6.07) is 7.98. The molecule has 3 heteroatoms. The highest BCUT2D eigenvalue weighted by atomic mass is 32.1. The van der Waals surface area contributed by atoms with Gasteiger partial charge in [-0.1, -0.05) is 24.3 Å². The van der Waals surface area contributed by atoms with Crippen molar-refractivity contribution in [2.75, 3.05) is 0 Å². The van der Waals surface area contributed by atoms with Crippen LogP contribution < -0.4 is 5.73 Å². The predicted molar refractivity (Wildman–Crippen MR) is 59.5 cm³/mol. The molecule has 2 atom stereocenters. The highest BCUT2D eigenvalue weighted by Crippen LogP contribution is 2.34. The van der Waals surface area contributed by atoms with Crippen LogP contribution in [0.15, 0.2) is 24.3 Å². The molecule has 14 heavy (non-hydrogen) atoms. The summed E-state index contributed by atoms with van der Waals surface area (Å²) in [5.41, 5.74) is 7.68. The fourth-order valence-corrected chi connectivity index (χ4v) is 2.52. The number of benzene rings is 1. The Hall–Kier alpha value is -0.960. The maximum Gasteiger partial charge on any atom is 0.226 e. The van der Waals surface area contributed by atoms with Gasteiger partial charge in [0.05, 0.1) is 5.92 Å². The monoisotopic (exact) mass is 207 g/mol. The first-order valence-electron chi connectivity index (χ1n) is 4.75. The molecule has 1 amide bonds. The third-order valence-electron chi connectivity index (χ3n) is 2.79. The number of carbonyl (C=O) groups excluding carboxylic acids is 1. The van der Waals surface area contributed by atoms with Crippen molar-refractivity contribution in [1.29, 1.82) is 0 Å². The molecule has 0 aromatic heterocycles. The second kappa shape index (κ2) is 3.65. The number of carbonyl (C=O) groups is 1. The summed E-state index contributed by atoms with van der Waals surface area (Å²) in [5, 5.41) is 0.0717. The fraction of sp³-hybridized carbons (Fsp3) is 0.364. The highest BCUT2D eigenvalue weighted by Gasteiger charge is 2.30. The van der Waals surface area contributed by atoms with E-state index in [2.05, 4.69) is 18.7 Å². The minimum Gasteiger partial charge on any atom is -0.369 e. The lowest BCUT2D eigenvalue weighted by atomic mass is 9.82. The van der Waals surface area contributed by atoms with Crippen LogP contribution in [0.25, 0.3) is 0 Å². The zero-order chi connectivity index (χ0) is 10.1. The SMILES string of the molecule is NC(=O)C1c2ccccc2CCC1S. The van der Waals surface area contributed by atoms with E-state index < -0.39 is 0 Å². The van der Waals surface area contributed by atoms with Gasteiger partial charge in [-0.05, 0) is 24.0 Å². The minimum absolute atomic E-state index is 0.0717. The van der Waals surface area contributed by atoms with E-state index >= 15 is 0 Å². The molecule has 2 N–H and O–H groups in total. The third kappa shape index (κ3) is 1.52. The number of rotatable bonds is 1. The van der Waals surface area contributed by atoms with Crippen molar-refractivity contribution >= 4 is 18.5 Å². The normalized spacial score (nSPS) is 25.5. The van der Waals surface area contributed by atoms with Crippen LogP contribution >= 0.6 is 12.6 Å². The highest BCUT2D eigenvalue weighted by molar-refractivity contribution is 7.81. The Balaban J connectivity index is 2.46. The number of aryl methyl sites for hydroxylation is 1. The Kier molecular flexibility index (Phi) is 2.50. The summed E-state index contributed by atoms with van der Waals surface area (Å²) >= 11 is 4.42. The van der Waals surface area contributed by atoms with Crippen molar-refractivity contribution in [3.63, 3.8) is 0 Å². The molecule has 0 saturated carbocycles. The molecule has 0 aliphatic heterocycles. The Morgan fingerprint density at radius 3 is 2.86 bits per heavy atom. The van der Waals surface area contributed by atoms with Crippen LogP contribution in [0.1, 0.15) is 23.5 Å². The van der Waals surface area contributed by atoms with Crippen molar-refractivity contribution in [3.05, 3.63) is 35.4 Å². The molecule has 2 nitrogen and oxygen atoms in total. The van der Waals surface area contributed by atoms with E-state index in [1.807, 2.05) is 18.2 Å². The molecule has 74 valence electrons. The first kappa shape index (κ1) is 9.59. The average Bonchev–Trinajstić information content (AvgIpc) is 2.17. The molecule has 2 unspecified atom stereocenters. The van der Waals surface area contributed by atoms with Crippen molar-refractivity contribution < 1.29 is 4.79 Å². The predicted octanol–water partition coefficient (Wildman–Crippen LogP) is 1.50. The molecule has 1 aliphatic rings. The molecule has 0 fully saturated rings. The molecule has 2 rings (SSSR count). The van der Waals surface area contributed by atoms with Crippen LogP contribution in [0.2, 0.25) is 0 Å². The first-order chi connectivity index (χ1) is 6.70. The number of amides is 1. The van der Waals surface area contributed by atoms with Crippen LogP contribution in [-0.2, 0) is 11.2 Å². The number of hydrogen-bond acceptors (Lipinski definition) is 2. The lowest BCUT2D eigenvalue weighted by molar-refractivity contribution is -0.119. The Bertz CT molecular complexity index is 364. The lowest BCUT2D eigenvalue weighted by Crippen LogP contribution is -2.32. The van der Waals surface area contributed by atoms with Crippen LogP contribution in [-0.4, -0.2) is 11.2 Å². The quantitative estimate of drug-likeness (QED) is 0.673. The molecular formula is C11H13NOS. The zero-order valence-electron chi connectivity index (χ0n) is 7.81. The molecule has 1 aromatic carbocycles. The van der Waals surface area contributed by atoms with Gasteiger partial charge >= 0.3 is 0 Å². The van der Waals surface area contributed by atoms with Crippen molar-refractivity contribution in [1.82, 2.24) is 0 Å². The molecule has 0 heterocycles. The molecular weight excluding hydrogens is 194 g/mol. The largest absolute Gasteiger partial charge is 0.369 e. The van der Waals surface area contributed by atoms with Crippen molar-refractivity contribution in [2.45, 2.75) is 24.0 Å². The van der Waals surface area contributed by atoms with Gasteiger partial charge in [0.25, 0.3) is 0 Å². The molecule has 0 saturated heterocycles. The van der Waals surface area contributed by atoms with Crippen LogP contribution in [0.3, 0.4) is 0 Å². The van der Waals surface area contributed by atoms with Gasteiger partial charge in [0, 0.05) is 5.25 Å². The number of hydrogen-bond donors (Lipinski definition) is 2. The van der Waals surface area contributed by atoms with E-state index in [1.54, 1.807) is 0 Å². The van der Waals surface area contributed by atoms with Gasteiger partial charge in [-0.25, -0.2) is 0 Å². The Morgan fingerprint density at radius 1 is 1.43 bits per heavy atom.